The van der Waals surface area contributed by atoms with Gasteiger partial charge in [-0.25, -0.2) is 4.39 Å². The van der Waals surface area contributed by atoms with E-state index in [0.717, 1.165) is 16.9 Å². The van der Waals surface area contributed by atoms with Crippen LogP contribution in [0.3, 0.4) is 0 Å². The van der Waals surface area contributed by atoms with E-state index < -0.39 is 0 Å². The Morgan fingerprint density at radius 3 is 2.56 bits per heavy atom. The third-order valence-electron chi connectivity index (χ3n) is 2.79. The summed E-state index contributed by atoms with van der Waals surface area (Å²) >= 11 is 0. The van der Waals surface area contributed by atoms with E-state index in [9.17, 15) is 4.39 Å². The largest absolute Gasteiger partial charge is 0.469 e. The van der Waals surface area contributed by atoms with Gasteiger partial charge in [0, 0.05) is 5.56 Å². The summed E-state index contributed by atoms with van der Waals surface area (Å²) < 4.78 is 18.6. The van der Waals surface area contributed by atoms with Crippen molar-refractivity contribution >= 4 is 0 Å². The van der Waals surface area contributed by atoms with Crippen LogP contribution in [0.2, 0.25) is 0 Å². The van der Waals surface area contributed by atoms with Crippen molar-refractivity contribution in [2.75, 3.05) is 0 Å². The van der Waals surface area contributed by atoms with E-state index in [1.54, 1.807) is 19.3 Å². The molecule has 2 aromatic rings. The molecule has 2 N–H and O–H groups in total. The minimum Gasteiger partial charge on any atom is -0.469 e. The molecule has 1 atom stereocenters. The quantitative estimate of drug-likeness (QED) is 0.843. The molecule has 0 aliphatic heterocycles. The second kappa shape index (κ2) is 4.10. The highest BCUT2D eigenvalue weighted by Crippen LogP contribution is 2.24. The van der Waals surface area contributed by atoms with Crippen LogP contribution in [0, 0.1) is 19.7 Å². The zero-order chi connectivity index (χ0) is 11.7. The lowest BCUT2D eigenvalue weighted by Crippen LogP contribution is -2.12. The van der Waals surface area contributed by atoms with Gasteiger partial charge in [-0.05, 0) is 37.1 Å². The summed E-state index contributed by atoms with van der Waals surface area (Å²) in [5.41, 5.74) is 8.33. The predicted molar refractivity (Wildman–Crippen MR) is 60.6 cm³/mol. The zero-order valence-electron chi connectivity index (χ0n) is 9.33. The maximum Gasteiger partial charge on any atom is 0.126 e. The van der Waals surface area contributed by atoms with Crippen molar-refractivity contribution in [2.24, 2.45) is 5.73 Å². The van der Waals surface area contributed by atoms with Gasteiger partial charge in [-0.3, -0.25) is 0 Å². The fourth-order valence-electron chi connectivity index (χ4n) is 1.70. The van der Waals surface area contributed by atoms with Gasteiger partial charge in [0.05, 0.1) is 12.3 Å². The standard InChI is InChI=1S/C13H14FNO/c1-8-3-4-10(7-12(8)14)13(15)11-5-6-16-9(11)2/h3-7,13H,15H2,1-2H3. The smallest absolute Gasteiger partial charge is 0.126 e. The first kappa shape index (κ1) is 10.9. The van der Waals surface area contributed by atoms with Crippen LogP contribution in [-0.4, -0.2) is 0 Å². The Balaban J connectivity index is 2.38. The number of hydrogen-bond donors (Lipinski definition) is 1. The van der Waals surface area contributed by atoms with Crippen LogP contribution in [-0.2, 0) is 0 Å². The molecule has 0 bridgehead atoms. The molecule has 0 spiro atoms. The van der Waals surface area contributed by atoms with E-state index >= 15 is 0 Å². The Labute approximate surface area is 93.9 Å². The molecule has 1 unspecified atom stereocenters. The maximum atomic E-state index is 13.4. The molecule has 1 aromatic heterocycles. The topological polar surface area (TPSA) is 39.2 Å². The number of furan rings is 1. The number of halogens is 1. The van der Waals surface area contributed by atoms with Gasteiger partial charge in [0.1, 0.15) is 11.6 Å². The Morgan fingerprint density at radius 2 is 2.00 bits per heavy atom. The van der Waals surface area contributed by atoms with Gasteiger partial charge in [-0.15, -0.1) is 0 Å². The third kappa shape index (κ3) is 1.86. The van der Waals surface area contributed by atoms with Crippen molar-refractivity contribution in [3.8, 4) is 0 Å². The van der Waals surface area contributed by atoms with Gasteiger partial charge >= 0.3 is 0 Å². The molecule has 0 amide bonds. The van der Waals surface area contributed by atoms with E-state index in [0.29, 0.717) is 5.56 Å². The van der Waals surface area contributed by atoms with Crippen LogP contribution in [0.15, 0.2) is 34.9 Å². The van der Waals surface area contributed by atoms with Crippen LogP contribution in [0.5, 0.6) is 0 Å². The van der Waals surface area contributed by atoms with E-state index in [-0.39, 0.29) is 11.9 Å². The molecule has 0 aliphatic carbocycles. The van der Waals surface area contributed by atoms with Crippen molar-refractivity contribution < 1.29 is 8.81 Å². The molecule has 0 aliphatic rings. The first-order valence-corrected chi connectivity index (χ1v) is 5.15. The summed E-state index contributed by atoms with van der Waals surface area (Å²) in [7, 11) is 0. The van der Waals surface area contributed by atoms with Gasteiger partial charge < -0.3 is 10.2 Å². The summed E-state index contributed by atoms with van der Waals surface area (Å²) in [6.45, 7) is 3.58. The van der Waals surface area contributed by atoms with Gasteiger partial charge in [0.2, 0.25) is 0 Å². The Hall–Kier alpha value is -1.61. The van der Waals surface area contributed by atoms with Gasteiger partial charge in [-0.1, -0.05) is 12.1 Å². The lowest BCUT2D eigenvalue weighted by atomic mass is 9.99. The monoisotopic (exact) mass is 219 g/mol. The van der Waals surface area contributed by atoms with Crippen molar-refractivity contribution in [2.45, 2.75) is 19.9 Å². The molecule has 0 radical (unpaired) electrons. The highest BCUT2D eigenvalue weighted by Gasteiger charge is 2.14. The number of aryl methyl sites for hydroxylation is 2. The normalized spacial score (nSPS) is 12.8. The molecule has 0 saturated carbocycles. The minimum atomic E-state index is -0.339. The number of benzene rings is 1. The lowest BCUT2D eigenvalue weighted by Gasteiger charge is -2.11. The Bertz CT molecular complexity index is 504. The van der Waals surface area contributed by atoms with Crippen LogP contribution in [0.4, 0.5) is 4.39 Å². The van der Waals surface area contributed by atoms with E-state index in [2.05, 4.69) is 0 Å². The first-order valence-electron chi connectivity index (χ1n) is 5.15. The molecular formula is C13H14FNO. The summed E-state index contributed by atoms with van der Waals surface area (Å²) in [6, 6.07) is 6.54. The molecule has 2 rings (SSSR count). The summed E-state index contributed by atoms with van der Waals surface area (Å²) in [6.07, 6.45) is 1.59. The second-order valence-electron chi connectivity index (χ2n) is 3.92. The molecule has 1 heterocycles. The van der Waals surface area contributed by atoms with Crippen LogP contribution in [0.25, 0.3) is 0 Å². The fourth-order valence-corrected chi connectivity index (χ4v) is 1.70. The second-order valence-corrected chi connectivity index (χ2v) is 3.92. The maximum absolute atomic E-state index is 13.4. The average molecular weight is 219 g/mol. The van der Waals surface area contributed by atoms with Crippen LogP contribution >= 0.6 is 0 Å². The SMILES string of the molecule is Cc1ccc(C(N)c2ccoc2C)cc1F. The highest BCUT2D eigenvalue weighted by molar-refractivity contribution is 5.34. The average Bonchev–Trinajstić information content (AvgIpc) is 2.67. The molecule has 16 heavy (non-hydrogen) atoms. The fraction of sp³-hybridized carbons (Fsp3) is 0.231. The summed E-state index contributed by atoms with van der Waals surface area (Å²) in [5, 5.41) is 0. The van der Waals surface area contributed by atoms with Gasteiger partial charge in [0.15, 0.2) is 0 Å². The van der Waals surface area contributed by atoms with E-state index in [1.807, 2.05) is 19.1 Å². The van der Waals surface area contributed by atoms with Gasteiger partial charge in [0.25, 0.3) is 0 Å². The molecule has 84 valence electrons. The molecular weight excluding hydrogens is 205 g/mol. The molecule has 2 nitrogen and oxygen atoms in total. The number of rotatable bonds is 2. The molecule has 0 saturated heterocycles. The Kier molecular flexibility index (Phi) is 2.79. The first-order chi connectivity index (χ1) is 7.59. The highest BCUT2D eigenvalue weighted by atomic mass is 19.1. The lowest BCUT2D eigenvalue weighted by molar-refractivity contribution is 0.527. The van der Waals surface area contributed by atoms with Crippen LogP contribution in [0.1, 0.15) is 28.5 Å². The molecule has 1 aromatic carbocycles. The van der Waals surface area contributed by atoms with E-state index in [1.165, 1.54) is 6.07 Å². The van der Waals surface area contributed by atoms with Crippen molar-refractivity contribution in [1.29, 1.82) is 0 Å². The minimum absolute atomic E-state index is 0.228. The van der Waals surface area contributed by atoms with Crippen molar-refractivity contribution in [3.05, 3.63) is 58.8 Å². The summed E-state index contributed by atoms with van der Waals surface area (Å²) in [5.74, 6) is 0.544. The molecule has 3 heteroatoms. The van der Waals surface area contributed by atoms with Crippen LogP contribution < -0.4 is 5.73 Å². The Morgan fingerprint density at radius 1 is 1.25 bits per heavy atom. The summed E-state index contributed by atoms with van der Waals surface area (Å²) in [4.78, 5) is 0. The van der Waals surface area contributed by atoms with Gasteiger partial charge in [-0.2, -0.15) is 0 Å². The number of nitrogens with two attached hydrogens (primary N) is 1. The zero-order valence-corrected chi connectivity index (χ0v) is 9.33. The van der Waals surface area contributed by atoms with Crippen molar-refractivity contribution in [1.82, 2.24) is 0 Å². The molecule has 0 fully saturated rings. The third-order valence-corrected chi connectivity index (χ3v) is 2.79. The van der Waals surface area contributed by atoms with Crippen molar-refractivity contribution in [3.63, 3.8) is 0 Å². The predicted octanol–water partition coefficient (Wildman–Crippen LogP) is 3.08. The number of hydrogen-bond acceptors (Lipinski definition) is 2. The van der Waals surface area contributed by atoms with E-state index in [4.69, 9.17) is 10.2 Å².